The van der Waals surface area contributed by atoms with Gasteiger partial charge in [-0.25, -0.2) is 19.9 Å². The van der Waals surface area contributed by atoms with E-state index >= 15 is 0 Å². The molecule has 6 aromatic carbocycles. The molecule has 0 fully saturated rings. The van der Waals surface area contributed by atoms with E-state index in [0.717, 1.165) is 70.7 Å². The van der Waals surface area contributed by atoms with Crippen molar-refractivity contribution < 1.29 is 0 Å². The van der Waals surface area contributed by atoms with E-state index in [0.29, 0.717) is 11.8 Å². The Morgan fingerprint density at radius 2 is 0.980 bits per heavy atom. The van der Waals surface area contributed by atoms with Crippen molar-refractivity contribution in [3.63, 3.8) is 0 Å². The molecule has 4 heterocycles. The zero-order valence-electron chi connectivity index (χ0n) is 26.7. The van der Waals surface area contributed by atoms with Crippen molar-refractivity contribution in [1.82, 2.24) is 24.5 Å². The summed E-state index contributed by atoms with van der Waals surface area (Å²) in [5.74, 6) is 1.35. The number of para-hydroxylation sites is 2. The first-order chi connectivity index (χ1) is 24.8. The average Bonchev–Trinajstić information content (AvgIpc) is 3.74. The number of nitrogens with zero attached hydrogens (tertiary/aromatic N) is 5. The first kappa shape index (κ1) is 28.5. The predicted molar refractivity (Wildman–Crippen MR) is 207 cm³/mol. The van der Waals surface area contributed by atoms with E-state index in [4.69, 9.17) is 19.9 Å². The summed E-state index contributed by atoms with van der Waals surface area (Å²) in [6.07, 6.45) is 0. The van der Waals surface area contributed by atoms with Crippen molar-refractivity contribution in [3.05, 3.63) is 164 Å². The molecule has 0 spiro atoms. The number of hydrogen-bond donors (Lipinski definition) is 0. The Balaban J connectivity index is 1.24. The Labute approximate surface area is 291 Å². The molecule has 10 aromatic rings. The molecule has 0 aliphatic carbocycles. The van der Waals surface area contributed by atoms with Crippen LogP contribution in [0, 0.1) is 0 Å². The highest BCUT2D eigenvalue weighted by molar-refractivity contribution is 7.26. The fourth-order valence-electron chi connectivity index (χ4n) is 6.89. The monoisotopic (exact) mass is 657 g/mol. The minimum atomic E-state index is 0.651. The number of thiophene rings is 1. The van der Waals surface area contributed by atoms with Gasteiger partial charge in [0.15, 0.2) is 5.82 Å². The fourth-order valence-corrected chi connectivity index (χ4v) is 8.02. The van der Waals surface area contributed by atoms with Crippen LogP contribution in [0.25, 0.3) is 93.2 Å². The second-order valence-electron chi connectivity index (χ2n) is 12.3. The van der Waals surface area contributed by atoms with Crippen LogP contribution in [0.2, 0.25) is 0 Å². The van der Waals surface area contributed by atoms with Gasteiger partial charge in [-0.15, -0.1) is 11.3 Å². The second kappa shape index (κ2) is 11.6. The lowest BCUT2D eigenvalue weighted by Crippen LogP contribution is -2.02. The summed E-state index contributed by atoms with van der Waals surface area (Å²) < 4.78 is 4.41. The lowest BCUT2D eigenvalue weighted by atomic mass is 10.0. The largest absolute Gasteiger partial charge is 0.278 e. The van der Waals surface area contributed by atoms with Gasteiger partial charge in [0, 0.05) is 43.1 Å². The van der Waals surface area contributed by atoms with Crippen molar-refractivity contribution in [2.75, 3.05) is 0 Å². The van der Waals surface area contributed by atoms with Crippen molar-refractivity contribution in [2.45, 2.75) is 0 Å². The summed E-state index contributed by atoms with van der Waals surface area (Å²) in [6.45, 7) is 0. The predicted octanol–water partition coefficient (Wildman–Crippen LogP) is 11.4. The molecular weight excluding hydrogens is 631 g/mol. The Hall–Kier alpha value is -6.50. The third-order valence-corrected chi connectivity index (χ3v) is 10.4. The van der Waals surface area contributed by atoms with Crippen LogP contribution >= 0.6 is 11.3 Å². The molecule has 234 valence electrons. The Morgan fingerprint density at radius 3 is 1.64 bits per heavy atom. The van der Waals surface area contributed by atoms with E-state index in [9.17, 15) is 0 Å². The molecule has 0 amide bonds. The van der Waals surface area contributed by atoms with Crippen LogP contribution in [-0.2, 0) is 0 Å². The van der Waals surface area contributed by atoms with Crippen molar-refractivity contribution >= 4 is 53.4 Å². The zero-order chi connectivity index (χ0) is 33.0. The van der Waals surface area contributed by atoms with Crippen LogP contribution in [0.5, 0.6) is 0 Å². The summed E-state index contributed by atoms with van der Waals surface area (Å²) in [5, 5.41) is 3.43. The molecule has 0 atom stereocenters. The Morgan fingerprint density at radius 1 is 0.420 bits per heavy atom. The van der Waals surface area contributed by atoms with Gasteiger partial charge in [0.1, 0.15) is 0 Å². The second-order valence-corrected chi connectivity index (χ2v) is 13.3. The van der Waals surface area contributed by atoms with E-state index in [1.54, 1.807) is 11.3 Å². The molecule has 5 nitrogen and oxygen atoms in total. The van der Waals surface area contributed by atoms with E-state index in [2.05, 4.69) is 126 Å². The van der Waals surface area contributed by atoms with Gasteiger partial charge in [0.2, 0.25) is 5.95 Å². The van der Waals surface area contributed by atoms with Crippen LogP contribution in [-0.4, -0.2) is 24.5 Å². The van der Waals surface area contributed by atoms with Crippen LogP contribution in [0.3, 0.4) is 0 Å². The van der Waals surface area contributed by atoms with Crippen LogP contribution in [0.4, 0.5) is 0 Å². The lowest BCUT2D eigenvalue weighted by Gasteiger charge is -2.10. The fraction of sp³-hybridized carbons (Fsp3) is 0. The molecule has 0 N–H and O–H groups in total. The lowest BCUT2D eigenvalue weighted by molar-refractivity contribution is 1.02. The molecule has 0 saturated carbocycles. The van der Waals surface area contributed by atoms with Crippen LogP contribution in [0.15, 0.2) is 164 Å². The van der Waals surface area contributed by atoms with Gasteiger partial charge in [0.25, 0.3) is 0 Å². The van der Waals surface area contributed by atoms with Gasteiger partial charge in [-0.1, -0.05) is 133 Å². The molecule has 0 bridgehead atoms. The first-order valence-corrected chi connectivity index (χ1v) is 17.4. The summed E-state index contributed by atoms with van der Waals surface area (Å²) in [4.78, 5) is 20.8. The van der Waals surface area contributed by atoms with Gasteiger partial charge in [-0.05, 0) is 30.3 Å². The molecule has 4 aromatic heterocycles. The number of fused-ring (bicyclic) bond motifs is 6. The summed E-state index contributed by atoms with van der Waals surface area (Å²) in [6, 6.07) is 56.6. The smallest absolute Gasteiger partial charge is 0.235 e. The number of hydrogen-bond acceptors (Lipinski definition) is 5. The quantitative estimate of drug-likeness (QED) is 0.185. The summed E-state index contributed by atoms with van der Waals surface area (Å²) in [7, 11) is 0. The van der Waals surface area contributed by atoms with Crippen molar-refractivity contribution in [1.29, 1.82) is 0 Å². The third kappa shape index (κ3) is 4.69. The van der Waals surface area contributed by atoms with Crippen LogP contribution < -0.4 is 0 Å². The normalized spacial score (nSPS) is 11.6. The van der Waals surface area contributed by atoms with Gasteiger partial charge in [-0.2, -0.15) is 0 Å². The Kier molecular flexibility index (Phi) is 6.60. The third-order valence-electron chi connectivity index (χ3n) is 9.25. The standard InChI is InChI=1S/C44H27N5S/c1-4-14-28(15-5-1)35-27-36(46-43(45-35)30-18-8-3-9-19-30)31-24-25-39-34(26-31)41-42(50-39)40(29-16-6-2-7-17-29)47-44(48-41)49-37-22-12-10-20-32(37)33-21-11-13-23-38(33)49/h1-27H. The number of rotatable bonds is 5. The van der Waals surface area contributed by atoms with Crippen LogP contribution in [0.1, 0.15) is 0 Å². The maximum atomic E-state index is 5.39. The minimum absolute atomic E-state index is 0.651. The molecule has 0 radical (unpaired) electrons. The molecular formula is C44H27N5S. The highest BCUT2D eigenvalue weighted by Gasteiger charge is 2.20. The Bertz CT molecular complexity index is 2750. The SMILES string of the molecule is c1ccc(-c2cc(-c3ccc4sc5c(-c6ccccc6)nc(-n6c7ccccc7c7ccccc76)nc5c4c3)nc(-c3ccccc3)n2)cc1. The maximum Gasteiger partial charge on any atom is 0.235 e. The number of aromatic nitrogens is 5. The minimum Gasteiger partial charge on any atom is -0.278 e. The molecule has 0 saturated heterocycles. The summed E-state index contributed by atoms with van der Waals surface area (Å²) >= 11 is 1.73. The average molecular weight is 658 g/mol. The number of benzene rings is 6. The van der Waals surface area contributed by atoms with E-state index in [1.807, 2.05) is 42.5 Å². The summed E-state index contributed by atoms with van der Waals surface area (Å²) in [5.41, 5.74) is 9.84. The van der Waals surface area contributed by atoms with Gasteiger partial charge in [0.05, 0.1) is 38.3 Å². The zero-order valence-corrected chi connectivity index (χ0v) is 27.5. The molecule has 0 aliphatic heterocycles. The van der Waals surface area contributed by atoms with E-state index in [1.165, 1.54) is 10.8 Å². The van der Waals surface area contributed by atoms with E-state index < -0.39 is 0 Å². The van der Waals surface area contributed by atoms with E-state index in [-0.39, 0.29) is 0 Å². The molecule has 50 heavy (non-hydrogen) atoms. The molecule has 10 rings (SSSR count). The molecule has 0 aliphatic rings. The van der Waals surface area contributed by atoms with Gasteiger partial charge >= 0.3 is 0 Å². The van der Waals surface area contributed by atoms with Gasteiger partial charge in [-0.3, -0.25) is 4.57 Å². The van der Waals surface area contributed by atoms with Crippen molar-refractivity contribution in [3.8, 4) is 51.1 Å². The topological polar surface area (TPSA) is 56.5 Å². The molecule has 6 heteroatoms. The highest BCUT2D eigenvalue weighted by Crippen LogP contribution is 2.41. The highest BCUT2D eigenvalue weighted by atomic mass is 32.1. The maximum absolute atomic E-state index is 5.39. The van der Waals surface area contributed by atoms with Crippen molar-refractivity contribution in [2.24, 2.45) is 0 Å². The van der Waals surface area contributed by atoms with Gasteiger partial charge < -0.3 is 0 Å². The molecule has 0 unspecified atom stereocenters. The first-order valence-electron chi connectivity index (χ1n) is 16.6.